The highest BCUT2D eigenvalue weighted by molar-refractivity contribution is 5.27. The van der Waals surface area contributed by atoms with Gasteiger partial charge < -0.3 is 5.73 Å². The summed E-state index contributed by atoms with van der Waals surface area (Å²) in [4.78, 5) is 4.13. The van der Waals surface area contributed by atoms with Gasteiger partial charge in [0.25, 0.3) is 0 Å². The Morgan fingerprint density at radius 2 is 2.12 bits per heavy atom. The molecule has 1 rings (SSSR count). The van der Waals surface area contributed by atoms with Crippen LogP contribution in [0.5, 0.6) is 0 Å². The zero-order valence-corrected chi connectivity index (χ0v) is 11.2. The highest BCUT2D eigenvalue weighted by Gasteiger charge is 2.09. The van der Waals surface area contributed by atoms with E-state index in [-0.39, 0.29) is 11.5 Å². The van der Waals surface area contributed by atoms with Crippen molar-refractivity contribution < 1.29 is 0 Å². The summed E-state index contributed by atoms with van der Waals surface area (Å²) in [7, 11) is 0. The fraction of sp³-hybridized carbons (Fsp3) is 0.533. The summed E-state index contributed by atoms with van der Waals surface area (Å²) in [5, 5.41) is 0. The van der Waals surface area contributed by atoms with E-state index in [4.69, 9.17) is 5.73 Å². The van der Waals surface area contributed by atoms with Gasteiger partial charge in [-0.1, -0.05) is 12.8 Å². The van der Waals surface area contributed by atoms with E-state index in [9.17, 15) is 0 Å². The lowest BCUT2D eigenvalue weighted by molar-refractivity contribution is 0.569. The molecule has 1 aromatic rings. The molecule has 1 heterocycles. The van der Waals surface area contributed by atoms with Crippen LogP contribution in [0.2, 0.25) is 0 Å². The first-order chi connectivity index (χ1) is 7.94. The standard InChI is InChI=1S/C15H22N2/c1-5-12-11-17-10-8-13(12)14(16)7-6-9-15(2,3)4/h8,10-11,14H,5,7,16H2,1-4H3. The van der Waals surface area contributed by atoms with Crippen molar-refractivity contribution in [2.45, 2.75) is 46.6 Å². The maximum Gasteiger partial charge on any atom is 0.0409 e. The number of rotatable bonds is 3. The van der Waals surface area contributed by atoms with E-state index in [0.717, 1.165) is 6.42 Å². The molecule has 1 atom stereocenters. The molecule has 0 aliphatic carbocycles. The number of aromatic nitrogens is 1. The molecule has 92 valence electrons. The van der Waals surface area contributed by atoms with Crippen LogP contribution < -0.4 is 5.73 Å². The number of pyridine rings is 1. The molecule has 2 nitrogen and oxygen atoms in total. The van der Waals surface area contributed by atoms with E-state index in [0.29, 0.717) is 6.42 Å². The molecule has 0 saturated carbocycles. The molecule has 2 heteroatoms. The van der Waals surface area contributed by atoms with Crippen LogP contribution in [0, 0.1) is 17.3 Å². The van der Waals surface area contributed by atoms with Crippen molar-refractivity contribution in [3.05, 3.63) is 29.6 Å². The number of nitrogens with zero attached hydrogens (tertiary/aromatic N) is 1. The van der Waals surface area contributed by atoms with Crippen molar-refractivity contribution in [3.63, 3.8) is 0 Å². The second-order valence-electron chi connectivity index (χ2n) is 5.29. The van der Waals surface area contributed by atoms with Crippen molar-refractivity contribution >= 4 is 0 Å². The van der Waals surface area contributed by atoms with Crippen molar-refractivity contribution in [3.8, 4) is 11.8 Å². The minimum Gasteiger partial charge on any atom is -0.323 e. The Hall–Kier alpha value is -1.33. The quantitative estimate of drug-likeness (QED) is 0.810. The molecule has 0 amide bonds. The maximum atomic E-state index is 6.17. The van der Waals surface area contributed by atoms with Crippen LogP contribution in [0.15, 0.2) is 18.5 Å². The van der Waals surface area contributed by atoms with E-state index >= 15 is 0 Å². The van der Waals surface area contributed by atoms with Gasteiger partial charge in [0.1, 0.15) is 0 Å². The van der Waals surface area contributed by atoms with Gasteiger partial charge in [-0.05, 0) is 44.4 Å². The third kappa shape index (κ3) is 4.58. The molecule has 1 unspecified atom stereocenters. The minimum atomic E-state index is -0.0113. The van der Waals surface area contributed by atoms with Gasteiger partial charge in [0.2, 0.25) is 0 Å². The highest BCUT2D eigenvalue weighted by Crippen LogP contribution is 2.18. The molecular weight excluding hydrogens is 208 g/mol. The normalized spacial score (nSPS) is 12.8. The monoisotopic (exact) mass is 230 g/mol. The Labute approximate surface area is 105 Å². The molecule has 2 N–H and O–H groups in total. The predicted octanol–water partition coefficient (Wildman–Crippen LogP) is 3.08. The molecule has 0 aliphatic heterocycles. The van der Waals surface area contributed by atoms with Gasteiger partial charge in [0, 0.05) is 30.3 Å². The minimum absolute atomic E-state index is 0.0113. The van der Waals surface area contributed by atoms with Crippen LogP contribution in [0.4, 0.5) is 0 Å². The number of hydrogen-bond acceptors (Lipinski definition) is 2. The van der Waals surface area contributed by atoms with E-state index in [1.54, 1.807) is 6.20 Å². The molecule has 0 bridgehead atoms. The van der Waals surface area contributed by atoms with Crippen LogP contribution in [0.1, 0.15) is 51.3 Å². The molecular formula is C15H22N2. The van der Waals surface area contributed by atoms with Crippen molar-refractivity contribution in [2.75, 3.05) is 0 Å². The van der Waals surface area contributed by atoms with Crippen LogP contribution in [0.25, 0.3) is 0 Å². The lowest BCUT2D eigenvalue weighted by atomic mass is 9.96. The topological polar surface area (TPSA) is 38.9 Å². The van der Waals surface area contributed by atoms with Crippen molar-refractivity contribution in [1.82, 2.24) is 4.98 Å². The summed E-state index contributed by atoms with van der Waals surface area (Å²) in [6, 6.07) is 1.99. The Balaban J connectivity index is 2.75. The van der Waals surface area contributed by atoms with Crippen LogP contribution in [-0.2, 0) is 6.42 Å². The first-order valence-electron chi connectivity index (χ1n) is 6.12. The van der Waals surface area contributed by atoms with E-state index < -0.39 is 0 Å². The van der Waals surface area contributed by atoms with Crippen LogP contribution in [0.3, 0.4) is 0 Å². The number of aryl methyl sites for hydroxylation is 1. The first-order valence-corrected chi connectivity index (χ1v) is 6.12. The average Bonchev–Trinajstić information content (AvgIpc) is 2.27. The molecule has 0 spiro atoms. The third-order valence-electron chi connectivity index (χ3n) is 2.51. The Morgan fingerprint density at radius 3 is 2.71 bits per heavy atom. The average molecular weight is 230 g/mol. The summed E-state index contributed by atoms with van der Waals surface area (Å²) in [5.74, 6) is 6.39. The van der Waals surface area contributed by atoms with Gasteiger partial charge in [0.05, 0.1) is 0 Å². The predicted molar refractivity (Wildman–Crippen MR) is 72.4 cm³/mol. The zero-order chi connectivity index (χ0) is 12.9. The largest absolute Gasteiger partial charge is 0.323 e. The first kappa shape index (κ1) is 13.7. The van der Waals surface area contributed by atoms with Crippen molar-refractivity contribution in [2.24, 2.45) is 11.1 Å². The number of nitrogens with two attached hydrogens (primary N) is 1. The Morgan fingerprint density at radius 1 is 1.41 bits per heavy atom. The van der Waals surface area contributed by atoms with Gasteiger partial charge in [-0.15, -0.1) is 5.92 Å². The summed E-state index contributed by atoms with van der Waals surface area (Å²) >= 11 is 0. The van der Waals surface area contributed by atoms with E-state index in [2.05, 4.69) is 44.5 Å². The Bertz CT molecular complexity index is 419. The van der Waals surface area contributed by atoms with E-state index in [1.165, 1.54) is 11.1 Å². The molecule has 0 saturated heterocycles. The summed E-state index contributed by atoms with van der Waals surface area (Å²) in [5.41, 5.74) is 8.61. The molecule has 0 aromatic carbocycles. The van der Waals surface area contributed by atoms with E-state index in [1.807, 2.05) is 12.3 Å². The van der Waals surface area contributed by atoms with Gasteiger partial charge in [0.15, 0.2) is 0 Å². The molecule has 0 aliphatic rings. The third-order valence-corrected chi connectivity index (χ3v) is 2.51. The second kappa shape index (κ2) is 5.84. The lowest BCUT2D eigenvalue weighted by Gasteiger charge is -2.13. The highest BCUT2D eigenvalue weighted by atomic mass is 14.7. The SMILES string of the molecule is CCc1cnccc1C(N)CC#CC(C)(C)C. The second-order valence-corrected chi connectivity index (χ2v) is 5.29. The lowest BCUT2D eigenvalue weighted by Crippen LogP contribution is -2.12. The smallest absolute Gasteiger partial charge is 0.0409 e. The summed E-state index contributed by atoms with van der Waals surface area (Å²) in [6.45, 7) is 8.44. The van der Waals surface area contributed by atoms with Crippen LogP contribution >= 0.6 is 0 Å². The molecule has 1 aromatic heterocycles. The van der Waals surface area contributed by atoms with Crippen molar-refractivity contribution in [1.29, 1.82) is 0 Å². The summed E-state index contributed by atoms with van der Waals surface area (Å²) in [6.07, 6.45) is 5.36. The van der Waals surface area contributed by atoms with Crippen LogP contribution in [-0.4, -0.2) is 4.98 Å². The van der Waals surface area contributed by atoms with Gasteiger partial charge in [-0.2, -0.15) is 0 Å². The fourth-order valence-electron chi connectivity index (χ4n) is 1.63. The Kier molecular flexibility index (Phi) is 4.72. The van der Waals surface area contributed by atoms with Gasteiger partial charge in [-0.3, -0.25) is 4.98 Å². The van der Waals surface area contributed by atoms with Gasteiger partial charge >= 0.3 is 0 Å². The summed E-state index contributed by atoms with van der Waals surface area (Å²) < 4.78 is 0. The maximum absolute atomic E-state index is 6.17. The zero-order valence-electron chi connectivity index (χ0n) is 11.2. The van der Waals surface area contributed by atoms with Gasteiger partial charge in [-0.25, -0.2) is 0 Å². The molecule has 0 fully saturated rings. The fourth-order valence-corrected chi connectivity index (χ4v) is 1.63. The molecule has 0 radical (unpaired) electrons. The molecule has 17 heavy (non-hydrogen) atoms. The number of hydrogen-bond donors (Lipinski definition) is 1.